The normalized spacial score (nSPS) is 16.5. The van der Waals surface area contributed by atoms with Crippen molar-refractivity contribution in [2.45, 2.75) is 19.9 Å². The van der Waals surface area contributed by atoms with Gasteiger partial charge in [0.1, 0.15) is 21.9 Å². The molecule has 3 N–H and O–H groups in total. The molecule has 2 amide bonds. The Balaban J connectivity index is 1.77. The van der Waals surface area contributed by atoms with E-state index in [1.807, 2.05) is 19.1 Å². The summed E-state index contributed by atoms with van der Waals surface area (Å²) < 4.78 is 0.265. The Morgan fingerprint density at radius 1 is 1.21 bits per heavy atom. The van der Waals surface area contributed by atoms with Crippen molar-refractivity contribution < 1.29 is 19.8 Å². The average molecular weight is 415 g/mol. The second-order valence-corrected chi connectivity index (χ2v) is 8.00. The molecule has 0 spiro atoms. The fourth-order valence-corrected chi connectivity index (χ4v) is 4.02. The molecule has 1 atom stereocenters. The third-order valence-corrected chi connectivity index (χ3v) is 5.54. The molecule has 2 aromatic rings. The van der Waals surface area contributed by atoms with E-state index in [-0.39, 0.29) is 21.7 Å². The van der Waals surface area contributed by atoms with E-state index in [0.717, 1.165) is 17.3 Å². The van der Waals surface area contributed by atoms with Crippen LogP contribution < -0.4 is 5.32 Å². The zero-order valence-corrected chi connectivity index (χ0v) is 16.8. The molecule has 1 aliphatic heterocycles. The fourth-order valence-electron chi connectivity index (χ4n) is 2.61. The highest BCUT2D eigenvalue weighted by Crippen LogP contribution is 2.36. The van der Waals surface area contributed by atoms with Crippen LogP contribution in [0.5, 0.6) is 11.5 Å². The second-order valence-electron chi connectivity index (χ2n) is 6.33. The van der Waals surface area contributed by atoms with Crippen molar-refractivity contribution in [3.05, 3.63) is 58.5 Å². The molecule has 1 heterocycles. The van der Waals surface area contributed by atoms with E-state index in [2.05, 4.69) is 5.32 Å². The summed E-state index contributed by atoms with van der Waals surface area (Å²) in [6.45, 7) is 3.56. The number of anilines is 1. The standard InChI is InChI=1S/C20H18N2O4S2/c1-11-3-6-14(7-4-11)21-18(25)12(2)22-19(26)17(28-20(22)27)9-13-5-8-15(23)10-16(13)24/h3-10,12,23-24H,1-2H3,(H,21,25)/b17-9-. The van der Waals surface area contributed by atoms with E-state index >= 15 is 0 Å². The zero-order chi connectivity index (χ0) is 20.4. The Morgan fingerprint density at radius 2 is 1.89 bits per heavy atom. The topological polar surface area (TPSA) is 89.9 Å². The van der Waals surface area contributed by atoms with E-state index in [9.17, 15) is 19.8 Å². The first-order valence-corrected chi connectivity index (χ1v) is 9.65. The molecule has 144 valence electrons. The molecule has 8 heteroatoms. The third kappa shape index (κ3) is 4.18. The van der Waals surface area contributed by atoms with Gasteiger partial charge in [0.15, 0.2) is 0 Å². The number of hydrogen-bond donors (Lipinski definition) is 3. The number of phenols is 2. The zero-order valence-electron chi connectivity index (χ0n) is 15.2. The van der Waals surface area contributed by atoms with Crippen LogP contribution in [0.15, 0.2) is 47.4 Å². The summed E-state index contributed by atoms with van der Waals surface area (Å²) in [5.74, 6) is -0.998. The predicted octanol–water partition coefficient (Wildman–Crippen LogP) is 3.63. The number of nitrogens with zero attached hydrogens (tertiary/aromatic N) is 1. The van der Waals surface area contributed by atoms with Gasteiger partial charge in [0.25, 0.3) is 5.91 Å². The number of thioether (sulfide) groups is 1. The number of amides is 2. The molecule has 0 aliphatic carbocycles. The Morgan fingerprint density at radius 3 is 2.54 bits per heavy atom. The SMILES string of the molecule is Cc1ccc(NC(=O)C(C)N2C(=O)/C(=C/c3ccc(O)cc3O)SC2=S)cc1. The Bertz CT molecular complexity index is 986. The van der Waals surface area contributed by atoms with E-state index in [1.54, 1.807) is 19.1 Å². The van der Waals surface area contributed by atoms with Gasteiger partial charge in [0.05, 0.1) is 4.91 Å². The number of nitrogens with one attached hydrogen (secondary N) is 1. The first-order valence-electron chi connectivity index (χ1n) is 8.43. The quantitative estimate of drug-likeness (QED) is 0.523. The van der Waals surface area contributed by atoms with E-state index in [0.29, 0.717) is 16.2 Å². The van der Waals surface area contributed by atoms with Gasteiger partial charge in [-0.25, -0.2) is 0 Å². The number of aromatic hydroxyl groups is 2. The first-order chi connectivity index (χ1) is 13.3. The molecular formula is C20H18N2O4S2. The molecule has 6 nitrogen and oxygen atoms in total. The number of hydrogen-bond acceptors (Lipinski definition) is 6. The fraction of sp³-hybridized carbons (Fsp3) is 0.150. The van der Waals surface area contributed by atoms with Crippen molar-refractivity contribution in [2.24, 2.45) is 0 Å². The molecule has 1 fully saturated rings. The van der Waals surface area contributed by atoms with E-state index < -0.39 is 11.9 Å². The molecular weight excluding hydrogens is 396 g/mol. The van der Waals surface area contributed by atoms with Gasteiger partial charge in [-0.15, -0.1) is 0 Å². The lowest BCUT2D eigenvalue weighted by Crippen LogP contribution is -2.44. The van der Waals surface area contributed by atoms with Crippen LogP contribution in [0.2, 0.25) is 0 Å². The summed E-state index contributed by atoms with van der Waals surface area (Å²) in [7, 11) is 0. The lowest BCUT2D eigenvalue weighted by molar-refractivity contribution is -0.129. The number of phenolic OH excluding ortho intramolecular Hbond substituents is 2. The number of carbonyl (C=O) groups is 2. The van der Waals surface area contributed by atoms with Gasteiger partial charge in [0.2, 0.25) is 5.91 Å². The second kappa shape index (κ2) is 8.04. The summed E-state index contributed by atoms with van der Waals surface area (Å²) in [5, 5.41) is 22.1. The molecule has 2 aromatic carbocycles. The van der Waals surface area contributed by atoms with Crippen LogP contribution in [-0.4, -0.2) is 37.3 Å². The molecule has 1 saturated heterocycles. The van der Waals surface area contributed by atoms with Crippen molar-refractivity contribution in [1.82, 2.24) is 4.90 Å². The summed E-state index contributed by atoms with van der Waals surface area (Å²) in [6.07, 6.45) is 1.48. The molecule has 3 rings (SSSR count). The lowest BCUT2D eigenvalue weighted by atomic mass is 10.1. The largest absolute Gasteiger partial charge is 0.508 e. The highest BCUT2D eigenvalue weighted by Gasteiger charge is 2.38. The lowest BCUT2D eigenvalue weighted by Gasteiger charge is -2.22. The van der Waals surface area contributed by atoms with Crippen molar-refractivity contribution >= 4 is 51.9 Å². The minimum absolute atomic E-state index is 0.0800. The molecule has 0 bridgehead atoms. The van der Waals surface area contributed by atoms with Gasteiger partial charge in [-0.05, 0) is 44.2 Å². The maximum Gasteiger partial charge on any atom is 0.266 e. The Labute approximate surface area is 171 Å². The molecule has 28 heavy (non-hydrogen) atoms. The van der Waals surface area contributed by atoms with E-state index in [4.69, 9.17) is 12.2 Å². The molecule has 0 saturated carbocycles. The van der Waals surface area contributed by atoms with Crippen LogP contribution >= 0.6 is 24.0 Å². The highest BCUT2D eigenvalue weighted by atomic mass is 32.2. The smallest absolute Gasteiger partial charge is 0.266 e. The monoisotopic (exact) mass is 414 g/mol. The van der Waals surface area contributed by atoms with Gasteiger partial charge >= 0.3 is 0 Å². The molecule has 0 radical (unpaired) electrons. The third-order valence-electron chi connectivity index (χ3n) is 4.21. The number of thiocarbonyl (C=S) groups is 1. The van der Waals surface area contributed by atoms with Gasteiger partial charge in [-0.3, -0.25) is 14.5 Å². The molecule has 0 aromatic heterocycles. The summed E-state index contributed by atoms with van der Waals surface area (Å²) >= 11 is 6.35. The van der Waals surface area contributed by atoms with Gasteiger partial charge in [-0.1, -0.05) is 41.7 Å². The minimum atomic E-state index is -0.798. The van der Waals surface area contributed by atoms with Crippen LogP contribution in [0.3, 0.4) is 0 Å². The van der Waals surface area contributed by atoms with Crippen LogP contribution in [-0.2, 0) is 9.59 Å². The highest BCUT2D eigenvalue weighted by molar-refractivity contribution is 8.26. The first kappa shape index (κ1) is 19.9. The maximum absolute atomic E-state index is 12.8. The van der Waals surface area contributed by atoms with Crippen LogP contribution in [0.1, 0.15) is 18.1 Å². The van der Waals surface area contributed by atoms with Crippen molar-refractivity contribution in [2.75, 3.05) is 5.32 Å². The van der Waals surface area contributed by atoms with Crippen molar-refractivity contribution in [1.29, 1.82) is 0 Å². The maximum atomic E-state index is 12.8. The summed E-state index contributed by atoms with van der Waals surface area (Å²) in [5.41, 5.74) is 2.08. The van der Waals surface area contributed by atoms with Gasteiger partial charge in [-0.2, -0.15) is 0 Å². The number of carbonyl (C=O) groups excluding carboxylic acids is 2. The van der Waals surface area contributed by atoms with E-state index in [1.165, 1.54) is 29.2 Å². The number of aryl methyl sites for hydroxylation is 1. The number of benzene rings is 2. The minimum Gasteiger partial charge on any atom is -0.508 e. The van der Waals surface area contributed by atoms with Gasteiger partial charge in [0, 0.05) is 17.3 Å². The Hall–Kier alpha value is -2.84. The average Bonchev–Trinajstić information content (AvgIpc) is 2.92. The van der Waals surface area contributed by atoms with Crippen LogP contribution in [0.25, 0.3) is 6.08 Å². The Kier molecular flexibility index (Phi) is 5.71. The molecule has 1 unspecified atom stereocenters. The van der Waals surface area contributed by atoms with Crippen LogP contribution in [0.4, 0.5) is 5.69 Å². The predicted molar refractivity (Wildman–Crippen MR) is 114 cm³/mol. The molecule has 1 aliphatic rings. The van der Waals surface area contributed by atoms with Crippen molar-refractivity contribution in [3.63, 3.8) is 0 Å². The number of rotatable bonds is 4. The van der Waals surface area contributed by atoms with Gasteiger partial charge < -0.3 is 15.5 Å². The summed E-state index contributed by atoms with van der Waals surface area (Å²) in [6, 6.07) is 10.6. The van der Waals surface area contributed by atoms with Crippen molar-refractivity contribution in [3.8, 4) is 11.5 Å². The van der Waals surface area contributed by atoms with Crippen LogP contribution in [0, 0.1) is 6.92 Å². The summed E-state index contributed by atoms with van der Waals surface area (Å²) in [4.78, 5) is 26.9.